The highest BCUT2D eigenvalue weighted by molar-refractivity contribution is 5.24. The molecule has 0 aliphatic heterocycles. The van der Waals surface area contributed by atoms with E-state index in [0.717, 1.165) is 6.04 Å². The van der Waals surface area contributed by atoms with Gasteiger partial charge in [-0.05, 0) is 45.3 Å². The second-order valence-electron chi connectivity index (χ2n) is 6.46. The fraction of sp³-hybridized carbons (Fsp3) is 0.684. The predicted molar refractivity (Wildman–Crippen MR) is 91.7 cm³/mol. The molecule has 0 aromatic heterocycles. The highest BCUT2D eigenvalue weighted by Gasteiger charge is 2.20. The number of aryl methyl sites for hydroxylation is 1. The molecule has 0 heterocycles. The Bertz CT molecular complexity index is 393. The van der Waals surface area contributed by atoms with Crippen LogP contribution >= 0.6 is 0 Å². The summed E-state index contributed by atoms with van der Waals surface area (Å²) in [6.45, 7) is 6.87. The predicted octanol–water partition coefficient (Wildman–Crippen LogP) is 4.30. The van der Waals surface area contributed by atoms with Gasteiger partial charge < -0.3 is 10.2 Å². The molecule has 1 saturated carbocycles. The minimum Gasteiger partial charge on any atom is -0.313 e. The van der Waals surface area contributed by atoms with Crippen LogP contribution in [-0.4, -0.2) is 31.1 Å². The quantitative estimate of drug-likeness (QED) is 0.804. The number of rotatable bonds is 7. The summed E-state index contributed by atoms with van der Waals surface area (Å²) in [4.78, 5) is 2.71. The second kappa shape index (κ2) is 8.55. The van der Waals surface area contributed by atoms with Crippen LogP contribution in [0.5, 0.6) is 0 Å². The Hall–Kier alpha value is -0.860. The third-order valence-electron chi connectivity index (χ3n) is 5.03. The molecule has 118 valence electrons. The van der Waals surface area contributed by atoms with Gasteiger partial charge in [-0.2, -0.15) is 0 Å². The van der Waals surface area contributed by atoms with Crippen molar-refractivity contribution in [1.82, 2.24) is 10.2 Å². The van der Waals surface area contributed by atoms with Gasteiger partial charge in [0.05, 0.1) is 0 Å². The molecule has 1 aromatic rings. The molecule has 1 aliphatic rings. The van der Waals surface area contributed by atoms with Crippen LogP contribution in [0.4, 0.5) is 0 Å². The zero-order valence-electron chi connectivity index (χ0n) is 14.1. The first-order valence-corrected chi connectivity index (χ1v) is 8.72. The molecule has 1 aromatic carbocycles. The average Bonchev–Trinajstić information content (AvgIpc) is 2.54. The lowest BCUT2D eigenvalue weighted by Crippen LogP contribution is -2.38. The molecule has 1 unspecified atom stereocenters. The topological polar surface area (TPSA) is 15.3 Å². The van der Waals surface area contributed by atoms with Gasteiger partial charge in [-0.15, -0.1) is 0 Å². The third-order valence-corrected chi connectivity index (χ3v) is 5.03. The van der Waals surface area contributed by atoms with E-state index in [1.807, 2.05) is 0 Å². The number of benzene rings is 1. The highest BCUT2D eigenvalue weighted by atomic mass is 15.1. The zero-order valence-corrected chi connectivity index (χ0v) is 14.1. The van der Waals surface area contributed by atoms with Crippen LogP contribution in [0.1, 0.15) is 62.6 Å². The van der Waals surface area contributed by atoms with Gasteiger partial charge in [0.2, 0.25) is 0 Å². The van der Waals surface area contributed by atoms with E-state index in [1.165, 1.54) is 62.7 Å². The van der Waals surface area contributed by atoms with E-state index in [1.54, 1.807) is 0 Å². The summed E-state index contributed by atoms with van der Waals surface area (Å²) in [5.41, 5.74) is 2.76. The molecular formula is C19H32N2. The van der Waals surface area contributed by atoms with Gasteiger partial charge in [0.1, 0.15) is 0 Å². The molecule has 1 aliphatic carbocycles. The van der Waals surface area contributed by atoms with Crippen LogP contribution in [0.3, 0.4) is 0 Å². The minimum absolute atomic E-state index is 0.475. The summed E-state index contributed by atoms with van der Waals surface area (Å²) < 4.78 is 0. The number of hydrogen-bond acceptors (Lipinski definition) is 2. The average molecular weight is 288 g/mol. The van der Waals surface area contributed by atoms with E-state index in [-0.39, 0.29) is 0 Å². The maximum Gasteiger partial charge on any atom is 0.0329 e. The van der Waals surface area contributed by atoms with E-state index in [2.05, 4.69) is 55.4 Å². The Morgan fingerprint density at radius 3 is 2.38 bits per heavy atom. The van der Waals surface area contributed by atoms with Crippen LogP contribution in [-0.2, 0) is 0 Å². The Kier molecular flexibility index (Phi) is 6.72. The lowest BCUT2D eigenvalue weighted by molar-refractivity contribution is 0.157. The summed E-state index contributed by atoms with van der Waals surface area (Å²) in [6, 6.07) is 10.3. The first-order valence-electron chi connectivity index (χ1n) is 8.72. The van der Waals surface area contributed by atoms with E-state index < -0.39 is 0 Å². The molecule has 1 atom stereocenters. The zero-order chi connectivity index (χ0) is 15.1. The molecule has 0 spiro atoms. The number of hydrogen-bond donors (Lipinski definition) is 1. The smallest absolute Gasteiger partial charge is 0.0329 e. The lowest BCUT2D eigenvalue weighted by atomic mass is 9.93. The van der Waals surface area contributed by atoms with Gasteiger partial charge in [0.15, 0.2) is 0 Å². The first kappa shape index (κ1) is 16.5. The summed E-state index contributed by atoms with van der Waals surface area (Å²) >= 11 is 0. The molecule has 0 amide bonds. The SMILES string of the molecule is CCN(CCC(NC)c1ccc(C)cc1)C1CCCCC1. The standard InChI is InChI=1S/C19H32N2/c1-4-21(18-8-6-5-7-9-18)15-14-19(20-3)17-12-10-16(2)11-13-17/h10-13,18-20H,4-9,14-15H2,1-3H3. The van der Waals surface area contributed by atoms with Crippen molar-refractivity contribution in [3.05, 3.63) is 35.4 Å². The summed E-state index contributed by atoms with van der Waals surface area (Å²) in [6.07, 6.45) is 8.30. The molecule has 0 saturated heterocycles. The van der Waals surface area contributed by atoms with E-state index in [4.69, 9.17) is 0 Å². The molecule has 2 rings (SSSR count). The molecule has 2 heteroatoms. The van der Waals surface area contributed by atoms with Crippen LogP contribution in [0.25, 0.3) is 0 Å². The van der Waals surface area contributed by atoms with Crippen molar-refractivity contribution >= 4 is 0 Å². The Labute approximate surface area is 130 Å². The second-order valence-corrected chi connectivity index (χ2v) is 6.46. The Balaban J connectivity index is 1.90. The van der Waals surface area contributed by atoms with Crippen molar-refractivity contribution in [2.75, 3.05) is 20.1 Å². The molecule has 0 bridgehead atoms. The molecule has 0 radical (unpaired) electrons. The fourth-order valence-corrected chi connectivity index (χ4v) is 3.62. The Morgan fingerprint density at radius 1 is 1.14 bits per heavy atom. The van der Waals surface area contributed by atoms with Gasteiger partial charge in [-0.25, -0.2) is 0 Å². The molecule has 2 nitrogen and oxygen atoms in total. The number of nitrogens with one attached hydrogen (secondary N) is 1. The van der Waals surface area contributed by atoms with E-state index >= 15 is 0 Å². The number of nitrogens with zero attached hydrogens (tertiary/aromatic N) is 1. The van der Waals surface area contributed by atoms with Crippen molar-refractivity contribution in [3.8, 4) is 0 Å². The van der Waals surface area contributed by atoms with Crippen LogP contribution in [0.15, 0.2) is 24.3 Å². The van der Waals surface area contributed by atoms with Gasteiger partial charge in [-0.1, -0.05) is 56.0 Å². The van der Waals surface area contributed by atoms with Crippen molar-refractivity contribution in [2.45, 2.75) is 64.5 Å². The normalized spacial score (nSPS) is 18.1. The molecule has 1 fully saturated rings. The van der Waals surface area contributed by atoms with Crippen LogP contribution in [0.2, 0.25) is 0 Å². The fourth-order valence-electron chi connectivity index (χ4n) is 3.62. The van der Waals surface area contributed by atoms with E-state index in [9.17, 15) is 0 Å². The summed E-state index contributed by atoms with van der Waals surface area (Å²) in [5.74, 6) is 0. The summed E-state index contributed by atoms with van der Waals surface area (Å²) in [7, 11) is 2.08. The van der Waals surface area contributed by atoms with E-state index in [0.29, 0.717) is 6.04 Å². The minimum atomic E-state index is 0.475. The van der Waals surface area contributed by atoms with Gasteiger partial charge >= 0.3 is 0 Å². The maximum absolute atomic E-state index is 3.49. The van der Waals surface area contributed by atoms with Crippen LogP contribution in [0, 0.1) is 6.92 Å². The molecule has 1 N–H and O–H groups in total. The maximum atomic E-state index is 3.49. The molecule has 21 heavy (non-hydrogen) atoms. The van der Waals surface area contributed by atoms with Gasteiger partial charge in [0, 0.05) is 18.6 Å². The third kappa shape index (κ3) is 4.82. The largest absolute Gasteiger partial charge is 0.313 e. The van der Waals surface area contributed by atoms with Crippen molar-refractivity contribution in [2.24, 2.45) is 0 Å². The van der Waals surface area contributed by atoms with Gasteiger partial charge in [-0.3, -0.25) is 0 Å². The monoisotopic (exact) mass is 288 g/mol. The van der Waals surface area contributed by atoms with Crippen molar-refractivity contribution in [1.29, 1.82) is 0 Å². The lowest BCUT2D eigenvalue weighted by Gasteiger charge is -2.34. The highest BCUT2D eigenvalue weighted by Crippen LogP contribution is 2.24. The van der Waals surface area contributed by atoms with Crippen molar-refractivity contribution < 1.29 is 0 Å². The Morgan fingerprint density at radius 2 is 1.81 bits per heavy atom. The van der Waals surface area contributed by atoms with Crippen LogP contribution < -0.4 is 5.32 Å². The van der Waals surface area contributed by atoms with Gasteiger partial charge in [0.25, 0.3) is 0 Å². The first-order chi connectivity index (χ1) is 10.2. The van der Waals surface area contributed by atoms with Crippen molar-refractivity contribution in [3.63, 3.8) is 0 Å². The summed E-state index contributed by atoms with van der Waals surface area (Å²) in [5, 5.41) is 3.49. The molecular weight excluding hydrogens is 256 g/mol.